The molecule has 1 aromatic heterocycles. The van der Waals surface area contributed by atoms with Crippen LogP contribution >= 0.6 is 11.3 Å². The van der Waals surface area contributed by atoms with Crippen molar-refractivity contribution in [2.24, 2.45) is 0 Å². The van der Waals surface area contributed by atoms with Gasteiger partial charge in [0.1, 0.15) is 6.04 Å². The average Bonchev–Trinajstić information content (AvgIpc) is 2.93. The highest BCUT2D eigenvalue weighted by atomic mass is 32.1. The van der Waals surface area contributed by atoms with Gasteiger partial charge in [-0.3, -0.25) is 4.79 Å². The fourth-order valence-electron chi connectivity index (χ4n) is 2.27. The van der Waals surface area contributed by atoms with Crippen molar-refractivity contribution < 1.29 is 14.7 Å². The molecule has 0 radical (unpaired) electrons. The SMILES string of the molecule is Cc1nc(CCCC(=O)N[C@@H](Cc2ccccc2)C(=O)O)cs1. The van der Waals surface area contributed by atoms with Gasteiger partial charge in [-0.15, -0.1) is 11.3 Å². The van der Waals surface area contributed by atoms with Gasteiger partial charge in [-0.2, -0.15) is 0 Å². The molecule has 23 heavy (non-hydrogen) atoms. The van der Waals surface area contributed by atoms with Gasteiger partial charge in [0, 0.05) is 18.2 Å². The highest BCUT2D eigenvalue weighted by Gasteiger charge is 2.20. The molecule has 1 amide bonds. The molecule has 0 saturated heterocycles. The molecule has 1 aromatic carbocycles. The minimum atomic E-state index is -1.02. The number of hydrogen-bond donors (Lipinski definition) is 2. The minimum absolute atomic E-state index is 0.236. The molecule has 5 nitrogen and oxygen atoms in total. The van der Waals surface area contributed by atoms with Gasteiger partial charge in [-0.05, 0) is 25.3 Å². The maximum atomic E-state index is 12.0. The van der Waals surface area contributed by atoms with Crippen molar-refractivity contribution in [3.8, 4) is 0 Å². The van der Waals surface area contributed by atoms with Gasteiger partial charge in [0.2, 0.25) is 5.91 Å². The first-order valence-electron chi connectivity index (χ1n) is 7.51. The maximum absolute atomic E-state index is 12.0. The number of nitrogens with zero attached hydrogens (tertiary/aromatic N) is 1. The molecule has 1 atom stereocenters. The van der Waals surface area contributed by atoms with Crippen LogP contribution in [0.4, 0.5) is 0 Å². The molecule has 0 aliphatic rings. The smallest absolute Gasteiger partial charge is 0.326 e. The van der Waals surface area contributed by atoms with Gasteiger partial charge in [-0.25, -0.2) is 9.78 Å². The quantitative estimate of drug-likeness (QED) is 0.779. The number of carboxylic acids is 1. The summed E-state index contributed by atoms with van der Waals surface area (Å²) in [7, 11) is 0. The molecule has 2 aromatic rings. The number of nitrogens with one attached hydrogen (secondary N) is 1. The Balaban J connectivity index is 1.79. The fraction of sp³-hybridized carbons (Fsp3) is 0.353. The molecule has 122 valence electrons. The van der Waals surface area contributed by atoms with E-state index in [1.807, 2.05) is 42.6 Å². The fourth-order valence-corrected chi connectivity index (χ4v) is 2.92. The first-order valence-corrected chi connectivity index (χ1v) is 8.39. The Labute approximate surface area is 139 Å². The van der Waals surface area contributed by atoms with Gasteiger partial charge in [0.05, 0.1) is 10.7 Å². The number of carbonyl (C=O) groups excluding carboxylic acids is 1. The van der Waals surface area contributed by atoms with Crippen LogP contribution in [-0.4, -0.2) is 28.0 Å². The second kappa shape index (κ2) is 8.43. The number of benzene rings is 1. The Morgan fingerprint density at radius 1 is 1.30 bits per heavy atom. The third kappa shape index (κ3) is 5.83. The number of hydrogen-bond acceptors (Lipinski definition) is 4. The van der Waals surface area contributed by atoms with E-state index < -0.39 is 12.0 Å². The Bertz CT molecular complexity index is 655. The van der Waals surface area contributed by atoms with Gasteiger partial charge in [-0.1, -0.05) is 30.3 Å². The standard InChI is InChI=1S/C17H20N2O3S/c1-12-18-14(11-23-12)8-5-9-16(20)19-15(17(21)22)10-13-6-3-2-4-7-13/h2-4,6-7,11,15H,5,8-10H2,1H3,(H,19,20)(H,21,22)/t15-/m0/s1. The van der Waals surface area contributed by atoms with Crippen LogP contribution in [0.2, 0.25) is 0 Å². The summed E-state index contributed by atoms with van der Waals surface area (Å²) in [4.78, 5) is 27.6. The molecule has 6 heteroatoms. The first kappa shape index (κ1) is 17.1. The molecule has 0 spiro atoms. The second-order valence-electron chi connectivity index (χ2n) is 5.36. The number of amides is 1. The van der Waals surface area contributed by atoms with Crippen LogP contribution in [0.5, 0.6) is 0 Å². The molecule has 1 heterocycles. The van der Waals surface area contributed by atoms with E-state index in [1.165, 1.54) is 0 Å². The molecule has 2 N–H and O–H groups in total. The third-order valence-corrected chi connectivity index (χ3v) is 4.24. The van der Waals surface area contributed by atoms with E-state index in [0.29, 0.717) is 12.8 Å². The minimum Gasteiger partial charge on any atom is -0.480 e. The Morgan fingerprint density at radius 3 is 2.65 bits per heavy atom. The topological polar surface area (TPSA) is 79.3 Å². The van der Waals surface area contributed by atoms with Crippen molar-refractivity contribution in [1.29, 1.82) is 0 Å². The van der Waals surface area contributed by atoms with E-state index in [1.54, 1.807) is 11.3 Å². The van der Waals surface area contributed by atoms with Crippen molar-refractivity contribution in [2.75, 3.05) is 0 Å². The van der Waals surface area contributed by atoms with Gasteiger partial charge in [0.25, 0.3) is 0 Å². The summed E-state index contributed by atoms with van der Waals surface area (Å²) in [6.45, 7) is 1.95. The molecular formula is C17H20N2O3S. The van der Waals surface area contributed by atoms with Crippen molar-refractivity contribution in [3.05, 3.63) is 52.0 Å². The zero-order valence-corrected chi connectivity index (χ0v) is 13.8. The van der Waals surface area contributed by atoms with Crippen molar-refractivity contribution >= 4 is 23.2 Å². The molecule has 0 aliphatic heterocycles. The molecule has 0 fully saturated rings. The van der Waals surface area contributed by atoms with Crippen LogP contribution in [0.15, 0.2) is 35.7 Å². The summed E-state index contributed by atoms with van der Waals surface area (Å²) in [6.07, 6.45) is 1.98. The molecular weight excluding hydrogens is 312 g/mol. The van der Waals surface area contributed by atoms with Crippen LogP contribution in [-0.2, 0) is 22.4 Å². The summed E-state index contributed by atoms with van der Waals surface area (Å²) < 4.78 is 0. The van der Waals surface area contributed by atoms with E-state index in [4.69, 9.17) is 0 Å². The predicted octanol–water partition coefficient (Wildman–Crippen LogP) is 2.59. The van der Waals surface area contributed by atoms with Crippen molar-refractivity contribution in [1.82, 2.24) is 10.3 Å². The van der Waals surface area contributed by atoms with Crippen LogP contribution in [0, 0.1) is 6.92 Å². The highest BCUT2D eigenvalue weighted by molar-refractivity contribution is 7.09. The molecule has 0 aliphatic carbocycles. The molecule has 2 rings (SSSR count). The zero-order chi connectivity index (χ0) is 16.7. The number of thiazole rings is 1. The largest absolute Gasteiger partial charge is 0.480 e. The zero-order valence-electron chi connectivity index (χ0n) is 13.0. The lowest BCUT2D eigenvalue weighted by atomic mass is 10.1. The highest BCUT2D eigenvalue weighted by Crippen LogP contribution is 2.11. The Kier molecular flexibility index (Phi) is 6.29. The molecule has 0 bridgehead atoms. The van der Waals surface area contributed by atoms with Gasteiger partial charge >= 0.3 is 5.97 Å². The van der Waals surface area contributed by atoms with Crippen LogP contribution in [0.25, 0.3) is 0 Å². The normalized spacial score (nSPS) is 11.9. The number of aromatic nitrogens is 1. The average molecular weight is 332 g/mol. The number of carboxylic acid groups (broad SMARTS) is 1. The van der Waals surface area contributed by atoms with Gasteiger partial charge in [0.15, 0.2) is 0 Å². The van der Waals surface area contributed by atoms with Crippen LogP contribution < -0.4 is 5.32 Å². The lowest BCUT2D eigenvalue weighted by molar-refractivity contribution is -0.141. The van der Waals surface area contributed by atoms with E-state index in [0.717, 1.165) is 22.7 Å². The first-order chi connectivity index (χ1) is 11.0. The van der Waals surface area contributed by atoms with Crippen molar-refractivity contribution in [2.45, 2.75) is 38.6 Å². The summed E-state index contributed by atoms with van der Waals surface area (Å²) in [5.74, 6) is -1.25. The predicted molar refractivity (Wildman–Crippen MR) is 89.5 cm³/mol. The third-order valence-electron chi connectivity index (χ3n) is 3.42. The number of rotatable bonds is 8. The summed E-state index contributed by atoms with van der Waals surface area (Å²) >= 11 is 1.59. The lowest BCUT2D eigenvalue weighted by Crippen LogP contribution is -2.42. The number of aryl methyl sites for hydroxylation is 2. The monoisotopic (exact) mass is 332 g/mol. The molecule has 0 unspecified atom stereocenters. The summed E-state index contributed by atoms with van der Waals surface area (Å²) in [6, 6.07) is 8.39. The van der Waals surface area contributed by atoms with Crippen LogP contribution in [0.3, 0.4) is 0 Å². The second-order valence-corrected chi connectivity index (χ2v) is 6.42. The summed E-state index contributed by atoms with van der Waals surface area (Å²) in [5.41, 5.74) is 1.87. The van der Waals surface area contributed by atoms with E-state index in [-0.39, 0.29) is 12.3 Å². The summed E-state index contributed by atoms with van der Waals surface area (Å²) in [5, 5.41) is 14.9. The van der Waals surface area contributed by atoms with E-state index >= 15 is 0 Å². The van der Waals surface area contributed by atoms with E-state index in [2.05, 4.69) is 10.3 Å². The van der Waals surface area contributed by atoms with Gasteiger partial charge < -0.3 is 10.4 Å². The molecule has 0 saturated carbocycles. The Hall–Kier alpha value is -2.21. The van der Waals surface area contributed by atoms with Crippen LogP contribution in [0.1, 0.15) is 29.1 Å². The van der Waals surface area contributed by atoms with E-state index in [9.17, 15) is 14.7 Å². The lowest BCUT2D eigenvalue weighted by Gasteiger charge is -2.14. The Morgan fingerprint density at radius 2 is 2.04 bits per heavy atom. The van der Waals surface area contributed by atoms with Crippen molar-refractivity contribution in [3.63, 3.8) is 0 Å². The maximum Gasteiger partial charge on any atom is 0.326 e. The number of aliphatic carboxylic acids is 1. The number of carbonyl (C=O) groups is 2.